The van der Waals surface area contributed by atoms with Crippen molar-refractivity contribution in [1.82, 2.24) is 0 Å². The van der Waals surface area contributed by atoms with Crippen molar-refractivity contribution in [2.75, 3.05) is 7.11 Å². The molecule has 0 amide bonds. The van der Waals surface area contributed by atoms with Crippen LogP contribution >= 0.6 is 25.3 Å². The van der Waals surface area contributed by atoms with Gasteiger partial charge in [0.25, 0.3) is 0 Å². The van der Waals surface area contributed by atoms with Gasteiger partial charge in [0.2, 0.25) is 0 Å². The van der Waals surface area contributed by atoms with Crippen LogP contribution in [0.3, 0.4) is 0 Å². The molecule has 0 bridgehead atoms. The van der Waals surface area contributed by atoms with Crippen molar-refractivity contribution in [3.63, 3.8) is 0 Å². The summed E-state index contributed by atoms with van der Waals surface area (Å²) in [5, 5.41) is 3.99. The SMILES string of the molecule is COC(=O)c1ccc2c(c1)CC/C2=N\OSBr. The molecule has 1 aromatic carbocycles. The number of ether oxygens (including phenoxy) is 1. The lowest BCUT2D eigenvalue weighted by atomic mass is 10.1. The van der Waals surface area contributed by atoms with Crippen molar-refractivity contribution in [3.8, 4) is 0 Å². The molecular weight excluding hydrogens is 306 g/mol. The van der Waals surface area contributed by atoms with Gasteiger partial charge in [0.1, 0.15) is 0 Å². The Morgan fingerprint density at radius 1 is 1.47 bits per heavy atom. The molecule has 0 aromatic heterocycles. The van der Waals surface area contributed by atoms with Crippen LogP contribution < -0.4 is 0 Å². The minimum atomic E-state index is -0.314. The number of rotatable bonds is 3. The number of fused-ring (bicyclic) bond motifs is 1. The second-order valence-electron chi connectivity index (χ2n) is 3.54. The van der Waals surface area contributed by atoms with E-state index in [-0.39, 0.29) is 5.97 Å². The van der Waals surface area contributed by atoms with E-state index in [4.69, 9.17) is 4.28 Å². The van der Waals surface area contributed by atoms with E-state index in [2.05, 4.69) is 24.7 Å². The van der Waals surface area contributed by atoms with Crippen molar-refractivity contribution in [2.45, 2.75) is 12.8 Å². The molecule has 0 saturated heterocycles. The van der Waals surface area contributed by atoms with E-state index in [0.29, 0.717) is 5.56 Å². The highest BCUT2D eigenvalue weighted by molar-refractivity contribution is 9.49. The summed E-state index contributed by atoms with van der Waals surface area (Å²) in [6.45, 7) is 0. The Bertz CT molecular complexity index is 476. The monoisotopic (exact) mass is 315 g/mol. The van der Waals surface area contributed by atoms with Crippen LogP contribution in [0.2, 0.25) is 0 Å². The summed E-state index contributed by atoms with van der Waals surface area (Å²) in [5.74, 6) is -0.314. The zero-order valence-electron chi connectivity index (χ0n) is 9.10. The van der Waals surface area contributed by atoms with Crippen LogP contribution in [0.5, 0.6) is 0 Å². The Morgan fingerprint density at radius 2 is 2.29 bits per heavy atom. The van der Waals surface area contributed by atoms with Crippen molar-refractivity contribution >= 4 is 37.0 Å². The lowest BCUT2D eigenvalue weighted by molar-refractivity contribution is 0.0600. The fourth-order valence-corrected chi connectivity index (χ4v) is 2.16. The Morgan fingerprint density at radius 3 is 3.00 bits per heavy atom. The standard InChI is InChI=1S/C11H10BrNO3S/c1-15-11(14)8-2-4-9-7(6-8)3-5-10(9)13-16-17-12/h2,4,6H,3,5H2,1H3/b13-10+. The molecule has 0 heterocycles. The third-order valence-corrected chi connectivity index (χ3v) is 3.13. The Hall–Kier alpha value is -1.01. The molecule has 0 spiro atoms. The summed E-state index contributed by atoms with van der Waals surface area (Å²) < 4.78 is 9.59. The molecule has 1 aliphatic carbocycles. The van der Waals surface area contributed by atoms with Gasteiger partial charge >= 0.3 is 5.97 Å². The predicted molar refractivity (Wildman–Crippen MR) is 70.2 cm³/mol. The molecule has 17 heavy (non-hydrogen) atoms. The van der Waals surface area contributed by atoms with Gasteiger partial charge in [-0.1, -0.05) is 11.2 Å². The fourth-order valence-electron chi connectivity index (χ4n) is 1.87. The zero-order chi connectivity index (χ0) is 12.3. The molecule has 1 aromatic rings. The number of esters is 1. The molecule has 0 fully saturated rings. The van der Waals surface area contributed by atoms with Crippen LogP contribution in [-0.2, 0) is 15.4 Å². The molecule has 0 N–H and O–H groups in total. The van der Waals surface area contributed by atoms with Crippen LogP contribution in [0.1, 0.15) is 27.9 Å². The highest BCUT2D eigenvalue weighted by Crippen LogP contribution is 2.25. The van der Waals surface area contributed by atoms with Gasteiger partial charge in [-0.25, -0.2) is 4.79 Å². The summed E-state index contributed by atoms with van der Waals surface area (Å²) in [5.41, 5.74) is 3.63. The van der Waals surface area contributed by atoms with Gasteiger partial charge in [-0.15, -0.1) is 0 Å². The third kappa shape index (κ3) is 2.63. The fraction of sp³-hybridized carbons (Fsp3) is 0.273. The summed E-state index contributed by atoms with van der Waals surface area (Å²) in [6.07, 6.45) is 1.70. The van der Waals surface area contributed by atoms with Crippen LogP contribution in [0.4, 0.5) is 0 Å². The van der Waals surface area contributed by atoms with E-state index in [1.165, 1.54) is 7.11 Å². The maximum absolute atomic E-state index is 11.4. The molecule has 4 nitrogen and oxygen atoms in total. The van der Waals surface area contributed by atoms with Crippen LogP contribution in [0.25, 0.3) is 0 Å². The van der Waals surface area contributed by atoms with Gasteiger partial charge in [0.05, 0.1) is 18.4 Å². The quantitative estimate of drug-likeness (QED) is 0.488. The number of nitrogens with zero attached hydrogens (tertiary/aromatic N) is 1. The van der Waals surface area contributed by atoms with Crippen molar-refractivity contribution < 1.29 is 13.8 Å². The molecule has 1 aliphatic rings. The number of methoxy groups -OCH3 is 1. The minimum Gasteiger partial charge on any atom is -0.465 e. The zero-order valence-corrected chi connectivity index (χ0v) is 11.5. The number of oxime groups is 1. The topological polar surface area (TPSA) is 47.9 Å². The first-order valence-corrected chi connectivity index (χ1v) is 7.57. The number of carbonyl (C=O) groups excluding carboxylic acids is 1. The first-order chi connectivity index (χ1) is 8.26. The first kappa shape index (κ1) is 12.4. The van der Waals surface area contributed by atoms with E-state index >= 15 is 0 Å². The number of carbonyl (C=O) groups is 1. The molecule has 0 aliphatic heterocycles. The largest absolute Gasteiger partial charge is 0.465 e. The normalized spacial score (nSPS) is 15.8. The second-order valence-corrected chi connectivity index (χ2v) is 4.61. The van der Waals surface area contributed by atoms with E-state index in [1.807, 2.05) is 12.1 Å². The van der Waals surface area contributed by atoms with Crippen molar-refractivity contribution in [1.29, 1.82) is 0 Å². The Balaban J connectivity index is 2.28. The second kappa shape index (κ2) is 5.55. The average Bonchev–Trinajstić information content (AvgIpc) is 2.77. The summed E-state index contributed by atoms with van der Waals surface area (Å²) >= 11 is 3.06. The molecule has 90 valence electrons. The van der Waals surface area contributed by atoms with Crippen LogP contribution in [0.15, 0.2) is 23.4 Å². The predicted octanol–water partition coefficient (Wildman–Crippen LogP) is 3.10. The Labute approximate surface area is 111 Å². The Kier molecular flexibility index (Phi) is 4.06. The third-order valence-electron chi connectivity index (χ3n) is 2.64. The molecule has 0 unspecified atom stereocenters. The average molecular weight is 316 g/mol. The maximum atomic E-state index is 11.4. The summed E-state index contributed by atoms with van der Waals surface area (Å²) in [6, 6.07) is 5.48. The van der Waals surface area contributed by atoms with Crippen molar-refractivity contribution in [3.05, 3.63) is 34.9 Å². The van der Waals surface area contributed by atoms with Gasteiger partial charge in [0.15, 0.2) is 10.5 Å². The maximum Gasteiger partial charge on any atom is 0.337 e. The smallest absolute Gasteiger partial charge is 0.337 e. The summed E-state index contributed by atoms with van der Waals surface area (Å²) in [7, 11) is 2.40. The molecular formula is C11H10BrNO3S. The molecule has 2 rings (SSSR count). The van der Waals surface area contributed by atoms with Gasteiger partial charge in [-0.3, -0.25) is 0 Å². The van der Waals surface area contributed by atoms with Gasteiger partial charge in [-0.05, 0) is 30.5 Å². The van der Waals surface area contributed by atoms with Gasteiger partial charge in [0, 0.05) is 20.4 Å². The minimum absolute atomic E-state index is 0.314. The molecule has 0 saturated carbocycles. The summed E-state index contributed by atoms with van der Waals surface area (Å²) in [4.78, 5) is 11.4. The lowest BCUT2D eigenvalue weighted by Crippen LogP contribution is -2.02. The number of hydrogen-bond acceptors (Lipinski definition) is 5. The highest BCUT2D eigenvalue weighted by Gasteiger charge is 2.20. The first-order valence-electron chi connectivity index (χ1n) is 4.99. The van der Waals surface area contributed by atoms with E-state index < -0.39 is 0 Å². The number of halogens is 1. The number of aryl methyl sites for hydroxylation is 1. The van der Waals surface area contributed by atoms with Crippen LogP contribution in [-0.4, -0.2) is 18.8 Å². The van der Waals surface area contributed by atoms with E-state index in [0.717, 1.165) is 40.2 Å². The van der Waals surface area contributed by atoms with Crippen LogP contribution in [0, 0.1) is 0 Å². The van der Waals surface area contributed by atoms with Crippen molar-refractivity contribution in [2.24, 2.45) is 5.16 Å². The van der Waals surface area contributed by atoms with Gasteiger partial charge in [-0.2, -0.15) is 0 Å². The van der Waals surface area contributed by atoms with Gasteiger partial charge < -0.3 is 9.02 Å². The molecule has 0 atom stereocenters. The highest BCUT2D eigenvalue weighted by atomic mass is 79.9. The lowest BCUT2D eigenvalue weighted by Gasteiger charge is -2.03. The van der Waals surface area contributed by atoms with E-state index in [9.17, 15) is 4.79 Å². The number of benzene rings is 1. The van der Waals surface area contributed by atoms with E-state index in [1.54, 1.807) is 6.07 Å². The molecule has 6 heteroatoms. The molecule has 0 radical (unpaired) electrons. The number of hydrogen-bond donors (Lipinski definition) is 0.